The quantitative estimate of drug-likeness (QED) is 0.483. The molecule has 0 spiro atoms. The second-order valence-corrected chi connectivity index (χ2v) is 3.38. The van der Waals surface area contributed by atoms with Crippen LogP contribution in [0, 0.1) is 0 Å². The van der Waals surface area contributed by atoms with E-state index in [1.807, 2.05) is 36.4 Å². The molecule has 2 aromatic rings. The maximum atomic E-state index is 8.16. The van der Waals surface area contributed by atoms with Gasteiger partial charge in [0.2, 0.25) is 0 Å². The number of nitrogens with zero attached hydrogens (tertiary/aromatic N) is 4. The molecule has 0 aliphatic carbocycles. The topological polar surface area (TPSA) is 77.4 Å². The van der Waals surface area contributed by atoms with Gasteiger partial charge in [-0.1, -0.05) is 47.6 Å². The summed E-state index contributed by atoms with van der Waals surface area (Å²) < 4.78 is 0. The average molecular weight is 225 g/mol. The highest BCUT2D eigenvalue weighted by molar-refractivity contribution is 5.71. The molecule has 2 rings (SSSR count). The zero-order chi connectivity index (χ0) is 11.9. The molecular weight excluding hydrogens is 214 g/mol. The molecule has 0 radical (unpaired) electrons. The van der Waals surface area contributed by atoms with Crippen LogP contribution in [0.2, 0.25) is 0 Å². The number of benzene rings is 1. The van der Waals surface area contributed by atoms with E-state index in [2.05, 4.69) is 20.2 Å². The number of rotatable bonds is 4. The minimum atomic E-state index is 0.343. The maximum Gasteiger partial charge on any atom is 0.0722 e. The van der Waals surface area contributed by atoms with E-state index in [9.17, 15) is 0 Å². The molecule has 1 N–H and O–H groups in total. The van der Waals surface area contributed by atoms with Crippen LogP contribution in [0.25, 0.3) is 27.8 Å². The molecule has 0 aliphatic heterocycles. The summed E-state index contributed by atoms with van der Waals surface area (Å²) in [6.45, 7) is 0.343. The van der Waals surface area contributed by atoms with Gasteiger partial charge in [0.1, 0.15) is 0 Å². The molecule has 0 atom stereocenters. The fourth-order valence-corrected chi connectivity index (χ4v) is 1.52. The van der Waals surface area contributed by atoms with E-state index in [-0.39, 0.29) is 0 Å². The summed E-state index contributed by atoms with van der Waals surface area (Å²) in [5, 5.41) is 10.4. The van der Waals surface area contributed by atoms with Crippen LogP contribution in [0.1, 0.15) is 5.56 Å². The Labute approximate surface area is 98.4 Å². The monoisotopic (exact) mass is 225 g/mol. The summed E-state index contributed by atoms with van der Waals surface area (Å²) in [5.41, 5.74) is 11.2. The Morgan fingerprint density at radius 3 is 2.94 bits per heavy atom. The van der Waals surface area contributed by atoms with E-state index in [4.69, 9.17) is 5.53 Å². The van der Waals surface area contributed by atoms with E-state index in [1.165, 1.54) is 0 Å². The van der Waals surface area contributed by atoms with Crippen molar-refractivity contribution in [3.05, 3.63) is 58.6 Å². The molecule has 84 valence electrons. The van der Waals surface area contributed by atoms with Crippen molar-refractivity contribution in [1.82, 2.24) is 10.2 Å². The van der Waals surface area contributed by atoms with Crippen molar-refractivity contribution >= 4 is 6.08 Å². The minimum Gasteiger partial charge on any atom is -0.277 e. The van der Waals surface area contributed by atoms with Gasteiger partial charge in [-0.15, -0.1) is 0 Å². The van der Waals surface area contributed by atoms with Crippen molar-refractivity contribution < 1.29 is 0 Å². The summed E-state index contributed by atoms with van der Waals surface area (Å²) in [6.07, 6.45) is 5.44. The Balaban J connectivity index is 2.23. The molecule has 0 amide bonds. The summed E-state index contributed by atoms with van der Waals surface area (Å²) in [4.78, 5) is 2.69. The van der Waals surface area contributed by atoms with Gasteiger partial charge in [-0.25, -0.2) is 0 Å². The van der Waals surface area contributed by atoms with Crippen molar-refractivity contribution in [3.63, 3.8) is 0 Å². The SMILES string of the molecule is [N-]=[N+]=NCC=Cc1cn[nH]c1-c1ccccc1. The largest absolute Gasteiger partial charge is 0.277 e. The third kappa shape index (κ3) is 2.74. The Bertz CT molecular complexity index is 549. The Hall–Kier alpha value is -2.52. The number of azide groups is 1. The van der Waals surface area contributed by atoms with Crippen LogP contribution in [-0.2, 0) is 0 Å². The van der Waals surface area contributed by atoms with Crippen LogP contribution in [-0.4, -0.2) is 16.7 Å². The maximum absolute atomic E-state index is 8.16. The van der Waals surface area contributed by atoms with E-state index in [0.717, 1.165) is 16.8 Å². The number of hydrogen-bond acceptors (Lipinski definition) is 2. The second-order valence-electron chi connectivity index (χ2n) is 3.38. The summed E-state index contributed by atoms with van der Waals surface area (Å²) in [7, 11) is 0. The van der Waals surface area contributed by atoms with Crippen molar-refractivity contribution in [2.24, 2.45) is 5.11 Å². The number of hydrogen-bond donors (Lipinski definition) is 1. The van der Waals surface area contributed by atoms with Crippen LogP contribution < -0.4 is 0 Å². The Morgan fingerprint density at radius 2 is 2.18 bits per heavy atom. The predicted molar refractivity (Wildman–Crippen MR) is 67.1 cm³/mol. The zero-order valence-corrected chi connectivity index (χ0v) is 9.11. The predicted octanol–water partition coefficient (Wildman–Crippen LogP) is 3.40. The lowest BCUT2D eigenvalue weighted by Gasteiger charge is -1.98. The van der Waals surface area contributed by atoms with Crippen LogP contribution >= 0.6 is 0 Å². The third-order valence-electron chi connectivity index (χ3n) is 2.28. The minimum absolute atomic E-state index is 0.343. The van der Waals surface area contributed by atoms with Gasteiger partial charge in [0.25, 0.3) is 0 Å². The number of nitrogens with one attached hydrogen (secondary N) is 1. The molecule has 1 aromatic heterocycles. The molecular formula is C12H11N5. The van der Waals surface area contributed by atoms with E-state index in [0.29, 0.717) is 6.54 Å². The fourth-order valence-electron chi connectivity index (χ4n) is 1.52. The molecule has 1 aromatic carbocycles. The molecule has 0 aliphatic rings. The Kier molecular flexibility index (Phi) is 3.57. The third-order valence-corrected chi connectivity index (χ3v) is 2.28. The molecule has 0 saturated carbocycles. The van der Waals surface area contributed by atoms with E-state index in [1.54, 1.807) is 12.3 Å². The van der Waals surface area contributed by atoms with Gasteiger partial charge in [0.05, 0.1) is 11.9 Å². The highest BCUT2D eigenvalue weighted by Crippen LogP contribution is 2.21. The van der Waals surface area contributed by atoms with Crippen molar-refractivity contribution in [2.75, 3.05) is 6.54 Å². The fraction of sp³-hybridized carbons (Fsp3) is 0.0833. The van der Waals surface area contributed by atoms with E-state index < -0.39 is 0 Å². The molecule has 1 heterocycles. The molecule has 5 nitrogen and oxygen atoms in total. The van der Waals surface area contributed by atoms with Crippen LogP contribution in [0.3, 0.4) is 0 Å². The lowest BCUT2D eigenvalue weighted by molar-refractivity contribution is 1.10. The standard InChI is InChI=1S/C12H11N5/c13-17-14-8-4-7-11-9-15-16-12(11)10-5-2-1-3-6-10/h1-7,9H,8H2,(H,15,16). The highest BCUT2D eigenvalue weighted by atomic mass is 15.1. The first-order valence-electron chi connectivity index (χ1n) is 5.18. The normalized spacial score (nSPS) is 10.4. The average Bonchev–Trinajstić information content (AvgIpc) is 2.84. The molecule has 17 heavy (non-hydrogen) atoms. The first kappa shape index (κ1) is 11.0. The number of aromatic amines is 1. The number of aromatic nitrogens is 2. The van der Waals surface area contributed by atoms with Crippen LogP contribution in [0.15, 0.2) is 47.7 Å². The number of H-pyrrole nitrogens is 1. The van der Waals surface area contributed by atoms with Crippen molar-refractivity contribution in [2.45, 2.75) is 0 Å². The van der Waals surface area contributed by atoms with E-state index >= 15 is 0 Å². The molecule has 5 heteroatoms. The van der Waals surface area contributed by atoms with Gasteiger partial charge in [-0.3, -0.25) is 5.10 Å². The summed E-state index contributed by atoms with van der Waals surface area (Å²) >= 11 is 0. The van der Waals surface area contributed by atoms with Gasteiger partial charge in [-0.2, -0.15) is 5.10 Å². The Morgan fingerprint density at radius 1 is 1.35 bits per heavy atom. The highest BCUT2D eigenvalue weighted by Gasteiger charge is 2.03. The summed E-state index contributed by atoms with van der Waals surface area (Å²) in [6, 6.07) is 9.95. The van der Waals surface area contributed by atoms with Gasteiger partial charge < -0.3 is 0 Å². The van der Waals surface area contributed by atoms with Gasteiger partial charge in [0, 0.05) is 22.6 Å². The van der Waals surface area contributed by atoms with Crippen molar-refractivity contribution in [3.8, 4) is 11.3 Å². The van der Waals surface area contributed by atoms with Crippen LogP contribution in [0.5, 0.6) is 0 Å². The molecule has 0 unspecified atom stereocenters. The second kappa shape index (κ2) is 5.53. The zero-order valence-electron chi connectivity index (χ0n) is 9.11. The van der Waals surface area contributed by atoms with Crippen molar-refractivity contribution in [1.29, 1.82) is 0 Å². The first-order chi connectivity index (χ1) is 8.42. The van der Waals surface area contributed by atoms with Crippen LogP contribution in [0.4, 0.5) is 0 Å². The lowest BCUT2D eigenvalue weighted by atomic mass is 10.1. The van der Waals surface area contributed by atoms with Gasteiger partial charge >= 0.3 is 0 Å². The molecule has 0 saturated heterocycles. The lowest BCUT2D eigenvalue weighted by Crippen LogP contribution is -1.80. The smallest absolute Gasteiger partial charge is 0.0722 e. The van der Waals surface area contributed by atoms with Gasteiger partial charge in [-0.05, 0) is 5.53 Å². The molecule has 0 fully saturated rings. The first-order valence-corrected chi connectivity index (χ1v) is 5.18. The summed E-state index contributed by atoms with van der Waals surface area (Å²) in [5.74, 6) is 0. The van der Waals surface area contributed by atoms with Gasteiger partial charge in [0.15, 0.2) is 0 Å². The molecule has 0 bridgehead atoms.